The average Bonchev–Trinajstić information content (AvgIpc) is 2.80. The van der Waals surface area contributed by atoms with Gasteiger partial charge in [-0.25, -0.2) is 4.79 Å². The number of carbonyl (C=O) groups excluding carboxylic acids is 1. The fourth-order valence-electron chi connectivity index (χ4n) is 2.79. The maximum atomic E-state index is 11.5. The highest BCUT2D eigenvalue weighted by Crippen LogP contribution is 2.24. The molecular formula is C15H20N2O2. The van der Waals surface area contributed by atoms with Crippen molar-refractivity contribution in [2.24, 2.45) is 0 Å². The molecule has 1 aromatic rings. The van der Waals surface area contributed by atoms with Gasteiger partial charge in [0.15, 0.2) is 0 Å². The van der Waals surface area contributed by atoms with Gasteiger partial charge in [-0.1, -0.05) is 26.0 Å². The molecule has 2 heterocycles. The zero-order valence-electron chi connectivity index (χ0n) is 11.5. The standard InChI is InChI=1S/C15H20N2O2/c1-11(2)12-3-5-13(6-4-12)16-7-8-17-14(9-16)10-19-15(17)18/h3-6,11,14H,7-10H2,1-2H3. The predicted octanol–water partition coefficient (Wildman–Crippen LogP) is 2.45. The SMILES string of the molecule is CC(C)c1ccc(N2CCN3C(=O)OCC3C2)cc1. The minimum absolute atomic E-state index is 0.153. The molecule has 1 amide bonds. The quantitative estimate of drug-likeness (QED) is 0.819. The van der Waals surface area contributed by atoms with Crippen LogP contribution in [-0.4, -0.2) is 43.3 Å². The van der Waals surface area contributed by atoms with E-state index in [9.17, 15) is 4.79 Å². The van der Waals surface area contributed by atoms with Gasteiger partial charge in [0.25, 0.3) is 0 Å². The smallest absolute Gasteiger partial charge is 0.410 e. The van der Waals surface area contributed by atoms with Crippen LogP contribution in [0.2, 0.25) is 0 Å². The average molecular weight is 260 g/mol. The van der Waals surface area contributed by atoms with Crippen molar-refractivity contribution in [2.45, 2.75) is 25.8 Å². The summed E-state index contributed by atoms with van der Waals surface area (Å²) >= 11 is 0. The molecule has 2 aliphatic heterocycles. The van der Waals surface area contributed by atoms with E-state index in [1.54, 1.807) is 0 Å². The van der Waals surface area contributed by atoms with Crippen LogP contribution in [0.25, 0.3) is 0 Å². The Kier molecular flexibility index (Phi) is 3.09. The van der Waals surface area contributed by atoms with Crippen molar-refractivity contribution in [3.8, 4) is 0 Å². The summed E-state index contributed by atoms with van der Waals surface area (Å²) in [5, 5.41) is 0. The normalized spacial score (nSPS) is 22.7. The number of amides is 1. The fourth-order valence-corrected chi connectivity index (χ4v) is 2.79. The number of cyclic esters (lactones) is 1. The van der Waals surface area contributed by atoms with Gasteiger partial charge in [0.05, 0.1) is 6.04 Å². The molecule has 4 nitrogen and oxygen atoms in total. The molecular weight excluding hydrogens is 240 g/mol. The van der Waals surface area contributed by atoms with E-state index in [-0.39, 0.29) is 12.1 Å². The van der Waals surface area contributed by atoms with Gasteiger partial charge in [-0.2, -0.15) is 0 Å². The predicted molar refractivity (Wildman–Crippen MR) is 74.6 cm³/mol. The van der Waals surface area contributed by atoms with Crippen LogP contribution >= 0.6 is 0 Å². The number of piperazine rings is 1. The summed E-state index contributed by atoms with van der Waals surface area (Å²) in [5.41, 5.74) is 2.60. The third-order valence-corrected chi connectivity index (χ3v) is 4.04. The second kappa shape index (κ2) is 4.76. The number of hydrogen-bond acceptors (Lipinski definition) is 3. The Morgan fingerprint density at radius 1 is 1.21 bits per heavy atom. The molecule has 1 atom stereocenters. The lowest BCUT2D eigenvalue weighted by Gasteiger charge is -2.36. The second-order valence-corrected chi connectivity index (χ2v) is 5.62. The lowest BCUT2D eigenvalue weighted by atomic mass is 10.0. The number of fused-ring (bicyclic) bond motifs is 1. The van der Waals surface area contributed by atoms with Gasteiger partial charge in [-0.15, -0.1) is 0 Å². The van der Waals surface area contributed by atoms with E-state index in [1.807, 2.05) is 4.90 Å². The van der Waals surface area contributed by atoms with Gasteiger partial charge in [-0.05, 0) is 23.6 Å². The molecule has 0 N–H and O–H groups in total. The van der Waals surface area contributed by atoms with Crippen LogP contribution in [0, 0.1) is 0 Å². The molecule has 2 fully saturated rings. The highest BCUT2D eigenvalue weighted by molar-refractivity contribution is 5.71. The summed E-state index contributed by atoms with van der Waals surface area (Å²) in [6.07, 6.45) is -0.153. The Balaban J connectivity index is 1.71. The minimum Gasteiger partial charge on any atom is -0.447 e. The number of hydrogen-bond donors (Lipinski definition) is 0. The van der Waals surface area contributed by atoms with Gasteiger partial charge in [0, 0.05) is 25.3 Å². The van der Waals surface area contributed by atoms with Crippen molar-refractivity contribution >= 4 is 11.8 Å². The van der Waals surface area contributed by atoms with Crippen molar-refractivity contribution in [1.82, 2.24) is 4.90 Å². The second-order valence-electron chi connectivity index (χ2n) is 5.62. The van der Waals surface area contributed by atoms with Crippen molar-refractivity contribution in [3.63, 3.8) is 0 Å². The maximum Gasteiger partial charge on any atom is 0.410 e. The highest BCUT2D eigenvalue weighted by Gasteiger charge is 2.37. The molecule has 0 aromatic heterocycles. The van der Waals surface area contributed by atoms with Gasteiger partial charge in [0.2, 0.25) is 0 Å². The number of nitrogens with zero attached hydrogens (tertiary/aromatic N) is 2. The van der Waals surface area contributed by atoms with E-state index in [0.29, 0.717) is 12.5 Å². The third kappa shape index (κ3) is 2.27. The number of anilines is 1. The molecule has 0 radical (unpaired) electrons. The summed E-state index contributed by atoms with van der Waals surface area (Å²) < 4.78 is 5.09. The Morgan fingerprint density at radius 3 is 2.63 bits per heavy atom. The third-order valence-electron chi connectivity index (χ3n) is 4.04. The maximum absolute atomic E-state index is 11.5. The molecule has 0 aliphatic carbocycles. The van der Waals surface area contributed by atoms with Crippen LogP contribution in [0.1, 0.15) is 25.3 Å². The summed E-state index contributed by atoms with van der Waals surface area (Å²) in [4.78, 5) is 15.6. The summed E-state index contributed by atoms with van der Waals surface area (Å²) in [6, 6.07) is 8.97. The molecule has 0 spiro atoms. The van der Waals surface area contributed by atoms with Crippen molar-refractivity contribution < 1.29 is 9.53 Å². The zero-order valence-corrected chi connectivity index (χ0v) is 11.5. The van der Waals surface area contributed by atoms with Crippen LogP contribution in [0.5, 0.6) is 0 Å². The molecule has 19 heavy (non-hydrogen) atoms. The van der Waals surface area contributed by atoms with Crippen molar-refractivity contribution in [1.29, 1.82) is 0 Å². The van der Waals surface area contributed by atoms with E-state index in [2.05, 4.69) is 43.0 Å². The Bertz CT molecular complexity index is 470. The topological polar surface area (TPSA) is 32.8 Å². The van der Waals surface area contributed by atoms with Crippen LogP contribution in [0.4, 0.5) is 10.5 Å². The molecule has 0 bridgehead atoms. The first kappa shape index (κ1) is 12.3. The molecule has 2 aliphatic rings. The number of ether oxygens (including phenoxy) is 1. The molecule has 3 rings (SSSR count). The first-order chi connectivity index (χ1) is 9.15. The van der Waals surface area contributed by atoms with Gasteiger partial charge in [-0.3, -0.25) is 4.90 Å². The van der Waals surface area contributed by atoms with Crippen molar-refractivity contribution in [3.05, 3.63) is 29.8 Å². The zero-order chi connectivity index (χ0) is 13.4. The highest BCUT2D eigenvalue weighted by atomic mass is 16.6. The van der Waals surface area contributed by atoms with Crippen molar-refractivity contribution in [2.75, 3.05) is 31.1 Å². The number of benzene rings is 1. The summed E-state index contributed by atoms with van der Waals surface area (Å²) in [7, 11) is 0. The van der Waals surface area contributed by atoms with Crippen LogP contribution in [-0.2, 0) is 4.74 Å². The summed E-state index contributed by atoms with van der Waals surface area (Å²) in [5.74, 6) is 0.562. The van der Waals surface area contributed by atoms with E-state index < -0.39 is 0 Å². The monoisotopic (exact) mass is 260 g/mol. The van der Waals surface area contributed by atoms with Crippen LogP contribution in [0.15, 0.2) is 24.3 Å². The van der Waals surface area contributed by atoms with E-state index >= 15 is 0 Å². The Labute approximate surface area is 113 Å². The van der Waals surface area contributed by atoms with Crippen LogP contribution < -0.4 is 4.90 Å². The molecule has 102 valence electrons. The lowest BCUT2D eigenvalue weighted by molar-refractivity contribution is 0.157. The Morgan fingerprint density at radius 2 is 1.95 bits per heavy atom. The van der Waals surface area contributed by atoms with Gasteiger partial charge in [0.1, 0.15) is 6.61 Å². The Hall–Kier alpha value is -1.71. The largest absolute Gasteiger partial charge is 0.447 e. The molecule has 2 saturated heterocycles. The minimum atomic E-state index is -0.153. The molecule has 1 unspecified atom stereocenters. The van der Waals surface area contributed by atoms with E-state index in [0.717, 1.165) is 19.6 Å². The van der Waals surface area contributed by atoms with E-state index in [1.165, 1.54) is 11.3 Å². The molecule has 0 saturated carbocycles. The summed E-state index contributed by atoms with van der Waals surface area (Å²) in [6.45, 7) is 7.44. The first-order valence-electron chi connectivity index (χ1n) is 6.93. The van der Waals surface area contributed by atoms with Crippen LogP contribution in [0.3, 0.4) is 0 Å². The fraction of sp³-hybridized carbons (Fsp3) is 0.533. The first-order valence-corrected chi connectivity index (χ1v) is 6.93. The number of carbonyl (C=O) groups is 1. The van der Waals surface area contributed by atoms with Gasteiger partial charge >= 0.3 is 6.09 Å². The molecule has 4 heteroatoms. The van der Waals surface area contributed by atoms with E-state index in [4.69, 9.17) is 4.74 Å². The molecule has 1 aromatic carbocycles. The van der Waals surface area contributed by atoms with Gasteiger partial charge < -0.3 is 9.64 Å². The number of rotatable bonds is 2. The lowest BCUT2D eigenvalue weighted by Crippen LogP contribution is -2.52.